The highest BCUT2D eigenvalue weighted by atomic mass is 19.4. The standard InChI is InChI=1S/C17H13F3N2/c1-22-15-5-3-2-4-14(15)21-16(22)11-8-12-6-9-13(10-7-12)17(18,19)20/h2-11H,1H3/b11-8+. The molecular weight excluding hydrogens is 289 g/mol. The summed E-state index contributed by atoms with van der Waals surface area (Å²) in [7, 11) is 1.90. The van der Waals surface area contributed by atoms with Crippen LogP contribution >= 0.6 is 0 Å². The van der Waals surface area contributed by atoms with E-state index >= 15 is 0 Å². The Kier molecular flexibility index (Phi) is 3.48. The van der Waals surface area contributed by atoms with Crippen molar-refractivity contribution in [2.75, 3.05) is 0 Å². The van der Waals surface area contributed by atoms with Crippen LogP contribution in [-0.2, 0) is 13.2 Å². The van der Waals surface area contributed by atoms with Crippen LogP contribution < -0.4 is 0 Å². The molecule has 1 aromatic heterocycles. The third kappa shape index (κ3) is 2.74. The van der Waals surface area contributed by atoms with Gasteiger partial charge in [-0.25, -0.2) is 4.98 Å². The summed E-state index contributed by atoms with van der Waals surface area (Å²) in [6.07, 6.45) is -0.760. The lowest BCUT2D eigenvalue weighted by molar-refractivity contribution is -0.137. The zero-order valence-electron chi connectivity index (χ0n) is 11.8. The van der Waals surface area contributed by atoms with Crippen LogP contribution in [0.3, 0.4) is 0 Å². The van der Waals surface area contributed by atoms with Gasteiger partial charge in [-0.15, -0.1) is 0 Å². The Hall–Kier alpha value is -2.56. The van der Waals surface area contributed by atoms with Crippen molar-refractivity contribution in [1.29, 1.82) is 0 Å². The summed E-state index contributed by atoms with van der Waals surface area (Å²) >= 11 is 0. The quantitative estimate of drug-likeness (QED) is 0.667. The number of nitrogens with zero attached hydrogens (tertiary/aromatic N) is 2. The summed E-state index contributed by atoms with van der Waals surface area (Å²) < 4.78 is 39.5. The van der Waals surface area contributed by atoms with Gasteiger partial charge in [-0.3, -0.25) is 0 Å². The fourth-order valence-electron chi connectivity index (χ4n) is 2.27. The van der Waals surface area contributed by atoms with Crippen LogP contribution in [0.4, 0.5) is 13.2 Å². The molecule has 0 aliphatic heterocycles. The molecule has 1 heterocycles. The smallest absolute Gasteiger partial charge is 0.328 e. The molecule has 5 heteroatoms. The first-order valence-electron chi connectivity index (χ1n) is 6.72. The number of aryl methyl sites for hydroxylation is 1. The van der Waals surface area contributed by atoms with E-state index in [-0.39, 0.29) is 0 Å². The van der Waals surface area contributed by atoms with E-state index in [2.05, 4.69) is 4.98 Å². The summed E-state index contributed by atoms with van der Waals surface area (Å²) in [4.78, 5) is 4.48. The first-order chi connectivity index (χ1) is 10.4. The second kappa shape index (κ2) is 5.33. The van der Waals surface area contributed by atoms with Gasteiger partial charge in [0.25, 0.3) is 0 Å². The van der Waals surface area contributed by atoms with Gasteiger partial charge in [-0.05, 0) is 35.9 Å². The maximum absolute atomic E-state index is 12.5. The second-order valence-corrected chi connectivity index (χ2v) is 4.97. The van der Waals surface area contributed by atoms with E-state index in [1.165, 1.54) is 12.1 Å². The van der Waals surface area contributed by atoms with Gasteiger partial charge in [0, 0.05) is 7.05 Å². The molecule has 2 nitrogen and oxygen atoms in total. The number of hydrogen-bond donors (Lipinski definition) is 0. The van der Waals surface area contributed by atoms with Crippen LogP contribution in [0.2, 0.25) is 0 Å². The van der Waals surface area contributed by atoms with E-state index in [4.69, 9.17) is 0 Å². The number of imidazole rings is 1. The molecule has 0 unspecified atom stereocenters. The molecular formula is C17H13F3N2. The van der Waals surface area contributed by atoms with E-state index in [1.807, 2.05) is 35.9 Å². The van der Waals surface area contributed by atoms with E-state index < -0.39 is 11.7 Å². The fraction of sp³-hybridized carbons (Fsp3) is 0.118. The highest BCUT2D eigenvalue weighted by Crippen LogP contribution is 2.29. The molecule has 3 rings (SSSR count). The van der Waals surface area contributed by atoms with Crippen LogP contribution in [0.5, 0.6) is 0 Å². The fourth-order valence-corrected chi connectivity index (χ4v) is 2.27. The highest BCUT2D eigenvalue weighted by molar-refractivity contribution is 5.79. The number of fused-ring (bicyclic) bond motifs is 1. The first-order valence-corrected chi connectivity index (χ1v) is 6.72. The van der Waals surface area contributed by atoms with Crippen LogP contribution in [-0.4, -0.2) is 9.55 Å². The predicted octanol–water partition coefficient (Wildman–Crippen LogP) is 4.76. The third-order valence-corrected chi connectivity index (χ3v) is 3.48. The minimum atomic E-state index is -4.31. The minimum Gasteiger partial charge on any atom is -0.328 e. The molecule has 2 aromatic carbocycles. The Labute approximate surface area is 125 Å². The molecule has 0 fully saturated rings. The average Bonchev–Trinajstić information content (AvgIpc) is 2.82. The summed E-state index contributed by atoms with van der Waals surface area (Å²) in [6, 6.07) is 12.8. The molecule has 112 valence electrons. The molecule has 0 saturated heterocycles. The van der Waals surface area contributed by atoms with Crippen molar-refractivity contribution in [3.05, 3.63) is 65.5 Å². The number of benzene rings is 2. The number of halogens is 3. The van der Waals surface area contributed by atoms with Crippen LogP contribution in [0.25, 0.3) is 23.2 Å². The molecule has 0 spiro atoms. The van der Waals surface area contributed by atoms with Gasteiger partial charge >= 0.3 is 6.18 Å². The van der Waals surface area contributed by atoms with Gasteiger partial charge in [0.2, 0.25) is 0 Å². The SMILES string of the molecule is Cn1c(/C=C/c2ccc(C(F)(F)F)cc2)nc2ccccc21. The summed E-state index contributed by atoms with van der Waals surface area (Å²) in [6.45, 7) is 0. The number of aromatic nitrogens is 2. The Morgan fingerprint density at radius 3 is 2.27 bits per heavy atom. The first kappa shape index (κ1) is 14.4. The maximum Gasteiger partial charge on any atom is 0.416 e. The molecule has 3 aromatic rings. The normalized spacial score (nSPS) is 12.4. The number of para-hydroxylation sites is 2. The van der Waals surface area contributed by atoms with Crippen LogP contribution in [0.15, 0.2) is 48.5 Å². The number of rotatable bonds is 2. The second-order valence-electron chi connectivity index (χ2n) is 4.97. The Bertz CT molecular complexity index is 827. The molecule has 0 amide bonds. The number of hydrogen-bond acceptors (Lipinski definition) is 1. The largest absolute Gasteiger partial charge is 0.416 e. The molecule has 0 bridgehead atoms. The lowest BCUT2D eigenvalue weighted by Gasteiger charge is -2.05. The van der Waals surface area contributed by atoms with Crippen LogP contribution in [0.1, 0.15) is 17.0 Å². The molecule has 22 heavy (non-hydrogen) atoms. The van der Waals surface area contributed by atoms with Gasteiger partial charge in [0.15, 0.2) is 0 Å². The lowest BCUT2D eigenvalue weighted by atomic mass is 10.1. The van der Waals surface area contributed by atoms with Gasteiger partial charge in [0.05, 0.1) is 16.6 Å². The van der Waals surface area contributed by atoms with Gasteiger partial charge in [-0.1, -0.05) is 30.3 Å². The topological polar surface area (TPSA) is 17.8 Å². The molecule has 0 aliphatic rings. The molecule has 0 saturated carbocycles. The Morgan fingerprint density at radius 2 is 1.64 bits per heavy atom. The highest BCUT2D eigenvalue weighted by Gasteiger charge is 2.29. The molecule has 0 N–H and O–H groups in total. The van der Waals surface area contributed by atoms with Gasteiger partial charge < -0.3 is 4.57 Å². The molecule has 0 aliphatic carbocycles. The van der Waals surface area contributed by atoms with Crippen molar-refractivity contribution in [3.8, 4) is 0 Å². The predicted molar refractivity (Wildman–Crippen MR) is 81.1 cm³/mol. The van der Waals surface area contributed by atoms with Crippen molar-refractivity contribution in [2.45, 2.75) is 6.18 Å². The molecule has 0 atom stereocenters. The minimum absolute atomic E-state index is 0.646. The van der Waals surface area contributed by atoms with Crippen molar-refractivity contribution in [3.63, 3.8) is 0 Å². The van der Waals surface area contributed by atoms with E-state index in [1.54, 1.807) is 12.2 Å². The maximum atomic E-state index is 12.5. The summed E-state index contributed by atoms with van der Waals surface area (Å²) in [5, 5.41) is 0. The number of alkyl halides is 3. The monoisotopic (exact) mass is 302 g/mol. The summed E-state index contributed by atoms with van der Waals surface area (Å²) in [5.41, 5.74) is 1.94. The van der Waals surface area contributed by atoms with E-state index in [0.717, 1.165) is 29.0 Å². The Morgan fingerprint density at radius 1 is 0.955 bits per heavy atom. The average molecular weight is 302 g/mol. The van der Waals surface area contributed by atoms with Gasteiger partial charge in [-0.2, -0.15) is 13.2 Å². The van der Waals surface area contributed by atoms with Crippen molar-refractivity contribution in [2.24, 2.45) is 7.05 Å². The van der Waals surface area contributed by atoms with Crippen molar-refractivity contribution in [1.82, 2.24) is 9.55 Å². The third-order valence-electron chi connectivity index (χ3n) is 3.48. The van der Waals surface area contributed by atoms with Crippen molar-refractivity contribution < 1.29 is 13.2 Å². The van der Waals surface area contributed by atoms with E-state index in [0.29, 0.717) is 5.56 Å². The lowest BCUT2D eigenvalue weighted by Crippen LogP contribution is -2.03. The van der Waals surface area contributed by atoms with E-state index in [9.17, 15) is 13.2 Å². The zero-order chi connectivity index (χ0) is 15.7. The van der Waals surface area contributed by atoms with Crippen LogP contribution in [0, 0.1) is 0 Å². The van der Waals surface area contributed by atoms with Gasteiger partial charge in [0.1, 0.15) is 5.82 Å². The Balaban J connectivity index is 1.88. The molecule has 0 radical (unpaired) electrons. The zero-order valence-corrected chi connectivity index (χ0v) is 11.8. The summed E-state index contributed by atoms with van der Waals surface area (Å²) in [5.74, 6) is 0.751. The van der Waals surface area contributed by atoms with Crippen molar-refractivity contribution >= 4 is 23.2 Å².